The van der Waals surface area contributed by atoms with E-state index in [2.05, 4.69) is 4.98 Å². The number of carbonyl (C=O) groups excluding carboxylic acids is 1. The fraction of sp³-hybridized carbons (Fsp3) is 0.136. The zero-order chi connectivity index (χ0) is 19.7. The molecule has 4 rings (SSSR count). The maximum absolute atomic E-state index is 12.6. The van der Waals surface area contributed by atoms with E-state index in [0.29, 0.717) is 11.1 Å². The molecule has 0 aliphatic heterocycles. The van der Waals surface area contributed by atoms with Crippen molar-refractivity contribution < 1.29 is 19.1 Å². The van der Waals surface area contributed by atoms with Crippen molar-refractivity contribution in [3.63, 3.8) is 0 Å². The molecule has 0 saturated heterocycles. The summed E-state index contributed by atoms with van der Waals surface area (Å²) in [6, 6.07) is 15.9. The van der Waals surface area contributed by atoms with E-state index in [1.165, 1.54) is 7.11 Å². The highest BCUT2D eigenvalue weighted by molar-refractivity contribution is 5.81. The van der Waals surface area contributed by atoms with E-state index in [1.807, 2.05) is 24.3 Å². The molecule has 28 heavy (non-hydrogen) atoms. The van der Waals surface area contributed by atoms with Gasteiger partial charge in [-0.2, -0.15) is 0 Å². The molecule has 0 saturated carbocycles. The SMILES string of the molecule is COC(=O)C[C@@H](c1ccc2ncccc2c1)c1oc2ccccc2c(=O)c1O. The van der Waals surface area contributed by atoms with Crippen molar-refractivity contribution in [1.29, 1.82) is 0 Å². The first-order valence-electron chi connectivity index (χ1n) is 8.74. The van der Waals surface area contributed by atoms with Crippen LogP contribution in [0.5, 0.6) is 5.75 Å². The van der Waals surface area contributed by atoms with E-state index in [1.54, 1.807) is 36.5 Å². The van der Waals surface area contributed by atoms with E-state index >= 15 is 0 Å². The van der Waals surface area contributed by atoms with Gasteiger partial charge in [-0.15, -0.1) is 0 Å². The molecule has 0 bridgehead atoms. The second-order valence-corrected chi connectivity index (χ2v) is 6.43. The number of aromatic hydroxyl groups is 1. The lowest BCUT2D eigenvalue weighted by atomic mass is 9.91. The highest BCUT2D eigenvalue weighted by atomic mass is 16.5. The number of benzene rings is 2. The predicted molar refractivity (Wildman–Crippen MR) is 104 cm³/mol. The van der Waals surface area contributed by atoms with Crippen LogP contribution in [-0.2, 0) is 9.53 Å². The van der Waals surface area contributed by atoms with E-state index in [-0.39, 0.29) is 17.6 Å². The number of hydrogen-bond donors (Lipinski definition) is 1. The molecule has 4 aromatic rings. The van der Waals surface area contributed by atoms with Gasteiger partial charge in [0.05, 0.1) is 30.4 Å². The molecule has 6 nitrogen and oxygen atoms in total. The molecule has 0 aliphatic carbocycles. The zero-order valence-electron chi connectivity index (χ0n) is 15.1. The minimum atomic E-state index is -0.686. The molecule has 0 amide bonds. The summed E-state index contributed by atoms with van der Waals surface area (Å²) in [6.07, 6.45) is 1.61. The number of nitrogens with zero attached hydrogens (tertiary/aromatic N) is 1. The molecular weight excluding hydrogens is 358 g/mol. The van der Waals surface area contributed by atoms with E-state index < -0.39 is 23.1 Å². The number of rotatable bonds is 4. The Kier molecular flexibility index (Phi) is 4.53. The Morgan fingerprint density at radius 3 is 2.82 bits per heavy atom. The molecule has 0 aliphatic rings. The van der Waals surface area contributed by atoms with Crippen LogP contribution in [0.15, 0.2) is 70.0 Å². The van der Waals surface area contributed by atoms with E-state index in [4.69, 9.17) is 9.15 Å². The lowest BCUT2D eigenvalue weighted by Gasteiger charge is -2.17. The molecule has 1 atom stereocenters. The van der Waals surface area contributed by atoms with Gasteiger partial charge in [0, 0.05) is 11.6 Å². The van der Waals surface area contributed by atoms with Gasteiger partial charge in [0.2, 0.25) is 11.2 Å². The number of ether oxygens (including phenoxy) is 1. The third kappa shape index (κ3) is 3.09. The number of fused-ring (bicyclic) bond motifs is 2. The van der Waals surface area contributed by atoms with Gasteiger partial charge in [-0.3, -0.25) is 14.6 Å². The number of hydrogen-bond acceptors (Lipinski definition) is 6. The van der Waals surface area contributed by atoms with Crippen molar-refractivity contribution in [2.24, 2.45) is 0 Å². The maximum Gasteiger partial charge on any atom is 0.306 e. The van der Waals surface area contributed by atoms with E-state index in [0.717, 1.165) is 10.9 Å². The average Bonchev–Trinajstić information content (AvgIpc) is 2.74. The first-order valence-corrected chi connectivity index (χ1v) is 8.74. The predicted octanol–water partition coefficient (Wildman–Crippen LogP) is 3.74. The van der Waals surface area contributed by atoms with Crippen LogP contribution in [-0.4, -0.2) is 23.2 Å². The Labute approximate surface area is 160 Å². The highest BCUT2D eigenvalue weighted by Gasteiger charge is 2.27. The lowest BCUT2D eigenvalue weighted by molar-refractivity contribution is -0.140. The van der Waals surface area contributed by atoms with Crippen LogP contribution in [0.4, 0.5) is 0 Å². The average molecular weight is 375 g/mol. The summed E-state index contributed by atoms with van der Waals surface area (Å²) in [5.41, 5.74) is 1.32. The van der Waals surface area contributed by atoms with Crippen LogP contribution in [0, 0.1) is 0 Å². The molecule has 1 N–H and O–H groups in total. The van der Waals surface area contributed by atoms with Crippen LogP contribution in [0.1, 0.15) is 23.7 Å². The molecule has 0 fully saturated rings. The molecule has 6 heteroatoms. The third-order valence-electron chi connectivity index (χ3n) is 4.74. The largest absolute Gasteiger partial charge is 0.502 e. The normalized spacial score (nSPS) is 12.2. The van der Waals surface area contributed by atoms with Gasteiger partial charge in [0.15, 0.2) is 5.76 Å². The van der Waals surface area contributed by atoms with Crippen LogP contribution in [0.25, 0.3) is 21.9 Å². The fourth-order valence-electron chi connectivity index (χ4n) is 3.31. The summed E-state index contributed by atoms with van der Waals surface area (Å²) in [6.45, 7) is 0. The molecule has 140 valence electrons. The second-order valence-electron chi connectivity index (χ2n) is 6.43. The second kappa shape index (κ2) is 7.15. The Bertz CT molecular complexity index is 1240. The van der Waals surface area contributed by atoms with Gasteiger partial charge < -0.3 is 14.3 Å². The minimum Gasteiger partial charge on any atom is -0.502 e. The monoisotopic (exact) mass is 375 g/mol. The highest BCUT2D eigenvalue weighted by Crippen LogP contribution is 2.35. The number of para-hydroxylation sites is 1. The summed E-state index contributed by atoms with van der Waals surface area (Å²) < 4.78 is 10.7. The standard InChI is InChI=1S/C22H17NO5/c1-27-19(24)12-16(13-8-9-17-14(11-13)5-4-10-23-17)22-21(26)20(25)15-6-2-3-7-18(15)28-22/h2-11,16,26H,12H2,1H3/t16-/m0/s1. The Balaban J connectivity index is 1.93. The summed E-state index contributed by atoms with van der Waals surface area (Å²) in [4.78, 5) is 29.0. The fourth-order valence-corrected chi connectivity index (χ4v) is 3.31. The van der Waals surface area contributed by atoms with Crippen molar-refractivity contribution in [2.75, 3.05) is 7.11 Å². The molecule has 2 aromatic heterocycles. The van der Waals surface area contributed by atoms with Crippen molar-refractivity contribution >= 4 is 27.8 Å². The van der Waals surface area contributed by atoms with Crippen LogP contribution < -0.4 is 5.43 Å². The van der Waals surface area contributed by atoms with Gasteiger partial charge in [-0.1, -0.05) is 24.3 Å². The zero-order valence-corrected chi connectivity index (χ0v) is 15.1. The number of pyridine rings is 1. The van der Waals surface area contributed by atoms with Gasteiger partial charge in [0.25, 0.3) is 0 Å². The molecule has 0 radical (unpaired) electrons. The summed E-state index contributed by atoms with van der Waals surface area (Å²) in [5, 5.41) is 11.7. The lowest BCUT2D eigenvalue weighted by Crippen LogP contribution is -2.13. The number of aromatic nitrogens is 1. The van der Waals surface area contributed by atoms with Gasteiger partial charge in [-0.05, 0) is 35.9 Å². The molecular formula is C22H17NO5. The summed E-state index contributed by atoms with van der Waals surface area (Å²) in [7, 11) is 1.29. The Morgan fingerprint density at radius 2 is 2.00 bits per heavy atom. The number of carbonyl (C=O) groups is 1. The van der Waals surface area contributed by atoms with Gasteiger partial charge >= 0.3 is 5.97 Å². The van der Waals surface area contributed by atoms with Gasteiger partial charge in [-0.25, -0.2) is 0 Å². The first kappa shape index (κ1) is 17.7. The van der Waals surface area contributed by atoms with E-state index in [9.17, 15) is 14.7 Å². The van der Waals surface area contributed by atoms with Crippen LogP contribution >= 0.6 is 0 Å². The quantitative estimate of drug-likeness (QED) is 0.547. The van der Waals surface area contributed by atoms with Crippen molar-refractivity contribution in [3.8, 4) is 5.75 Å². The first-order chi connectivity index (χ1) is 13.6. The molecule has 0 unspecified atom stereocenters. The summed E-state index contributed by atoms with van der Waals surface area (Å²) >= 11 is 0. The number of esters is 1. The topological polar surface area (TPSA) is 89.6 Å². The Hall–Kier alpha value is -3.67. The molecule has 2 aromatic carbocycles. The maximum atomic E-state index is 12.6. The van der Waals surface area contributed by atoms with Crippen LogP contribution in [0.2, 0.25) is 0 Å². The smallest absolute Gasteiger partial charge is 0.306 e. The van der Waals surface area contributed by atoms with Crippen molar-refractivity contribution in [1.82, 2.24) is 4.98 Å². The van der Waals surface area contributed by atoms with Crippen molar-refractivity contribution in [2.45, 2.75) is 12.3 Å². The van der Waals surface area contributed by atoms with Crippen LogP contribution in [0.3, 0.4) is 0 Å². The third-order valence-corrected chi connectivity index (χ3v) is 4.74. The Morgan fingerprint density at radius 1 is 1.18 bits per heavy atom. The molecule has 2 heterocycles. The van der Waals surface area contributed by atoms with Crippen molar-refractivity contribution in [3.05, 3.63) is 82.3 Å². The minimum absolute atomic E-state index is 0.0392. The molecule has 0 spiro atoms. The summed E-state index contributed by atoms with van der Waals surface area (Å²) in [5.74, 6) is -1.63. The van der Waals surface area contributed by atoms with Gasteiger partial charge in [0.1, 0.15) is 5.58 Å². The number of methoxy groups -OCH3 is 1.